The molecule has 0 aromatic heterocycles. The second-order valence-electron chi connectivity index (χ2n) is 7.50. The highest BCUT2D eigenvalue weighted by Gasteiger charge is 2.21. The van der Waals surface area contributed by atoms with Crippen LogP contribution in [0.3, 0.4) is 0 Å². The molecular formula is C23H23BrCl2N2O2. The van der Waals surface area contributed by atoms with E-state index in [1.807, 2.05) is 42.5 Å². The van der Waals surface area contributed by atoms with Gasteiger partial charge in [-0.3, -0.25) is 4.90 Å². The first-order valence-electron chi connectivity index (χ1n) is 9.90. The van der Waals surface area contributed by atoms with Gasteiger partial charge in [0.1, 0.15) is 18.5 Å². The number of piperazine rings is 1. The van der Waals surface area contributed by atoms with Gasteiger partial charge in [0.2, 0.25) is 0 Å². The Morgan fingerprint density at radius 2 is 1.67 bits per heavy atom. The first-order chi connectivity index (χ1) is 14.5. The van der Waals surface area contributed by atoms with Gasteiger partial charge >= 0.3 is 0 Å². The van der Waals surface area contributed by atoms with E-state index >= 15 is 0 Å². The topological polar surface area (TPSA) is 35.9 Å². The van der Waals surface area contributed by atoms with Crippen molar-refractivity contribution >= 4 is 55.6 Å². The summed E-state index contributed by atoms with van der Waals surface area (Å²) in [5, 5.41) is 14.1. The average Bonchev–Trinajstić information content (AvgIpc) is 2.74. The number of fused-ring (bicyclic) bond motifs is 1. The fourth-order valence-electron chi connectivity index (χ4n) is 3.73. The number of ether oxygens (including phenoxy) is 1. The monoisotopic (exact) mass is 508 g/mol. The molecule has 0 amide bonds. The Balaban J connectivity index is 1.26. The number of aliphatic hydroxyl groups is 1. The quantitative estimate of drug-likeness (QED) is 0.478. The van der Waals surface area contributed by atoms with E-state index in [-0.39, 0.29) is 6.61 Å². The number of hydrogen-bond acceptors (Lipinski definition) is 4. The summed E-state index contributed by atoms with van der Waals surface area (Å²) in [6.07, 6.45) is -0.549. The molecule has 1 N–H and O–H groups in total. The van der Waals surface area contributed by atoms with Gasteiger partial charge in [-0.2, -0.15) is 0 Å². The van der Waals surface area contributed by atoms with Crippen molar-refractivity contribution in [2.45, 2.75) is 6.10 Å². The molecule has 30 heavy (non-hydrogen) atoms. The minimum atomic E-state index is -0.549. The van der Waals surface area contributed by atoms with E-state index in [0.717, 1.165) is 52.9 Å². The van der Waals surface area contributed by atoms with Crippen molar-refractivity contribution in [3.8, 4) is 5.75 Å². The third-order valence-corrected chi connectivity index (χ3v) is 6.35. The minimum Gasteiger partial charge on any atom is -0.491 e. The van der Waals surface area contributed by atoms with Gasteiger partial charge < -0.3 is 14.7 Å². The maximum atomic E-state index is 10.5. The Kier molecular flexibility index (Phi) is 7.06. The van der Waals surface area contributed by atoms with E-state index in [1.54, 1.807) is 6.07 Å². The SMILES string of the molecule is OC(COc1ccc2cc(Br)ccc2c1)CN1CCN(c2cc(Cl)ccc2Cl)CC1. The van der Waals surface area contributed by atoms with Gasteiger partial charge in [-0.15, -0.1) is 0 Å². The van der Waals surface area contributed by atoms with Gasteiger partial charge in [-0.05, 0) is 53.2 Å². The highest BCUT2D eigenvalue weighted by Crippen LogP contribution is 2.30. The average molecular weight is 510 g/mol. The van der Waals surface area contributed by atoms with Crippen LogP contribution < -0.4 is 9.64 Å². The Morgan fingerprint density at radius 3 is 2.47 bits per heavy atom. The number of aliphatic hydroxyl groups excluding tert-OH is 1. The molecule has 0 bridgehead atoms. The van der Waals surface area contributed by atoms with Crippen LogP contribution in [0.25, 0.3) is 10.8 Å². The number of nitrogens with zero attached hydrogens (tertiary/aromatic N) is 2. The van der Waals surface area contributed by atoms with Gasteiger partial charge in [0.25, 0.3) is 0 Å². The molecule has 1 aliphatic rings. The largest absolute Gasteiger partial charge is 0.491 e. The van der Waals surface area contributed by atoms with Gasteiger partial charge in [-0.1, -0.05) is 51.3 Å². The van der Waals surface area contributed by atoms with Crippen molar-refractivity contribution in [3.05, 3.63) is 69.1 Å². The van der Waals surface area contributed by atoms with Crippen LogP contribution >= 0.6 is 39.1 Å². The number of halogens is 3. The summed E-state index contributed by atoms with van der Waals surface area (Å²) in [5.74, 6) is 0.768. The van der Waals surface area contributed by atoms with Crippen molar-refractivity contribution in [2.24, 2.45) is 0 Å². The smallest absolute Gasteiger partial charge is 0.120 e. The van der Waals surface area contributed by atoms with Crippen LogP contribution in [0.5, 0.6) is 5.75 Å². The summed E-state index contributed by atoms with van der Waals surface area (Å²) in [4.78, 5) is 4.49. The van der Waals surface area contributed by atoms with Gasteiger partial charge in [0, 0.05) is 42.2 Å². The number of β-amino-alcohol motifs (C(OH)–C–C–N with tert-alkyl or cyclic N) is 1. The zero-order valence-corrected chi connectivity index (χ0v) is 19.5. The fourth-order valence-corrected chi connectivity index (χ4v) is 4.51. The molecule has 4 rings (SSSR count). The van der Waals surface area contributed by atoms with Gasteiger partial charge in [-0.25, -0.2) is 0 Å². The maximum absolute atomic E-state index is 10.5. The first-order valence-corrected chi connectivity index (χ1v) is 11.5. The van der Waals surface area contributed by atoms with Crippen LogP contribution in [0, 0.1) is 0 Å². The fraction of sp³-hybridized carbons (Fsp3) is 0.304. The molecule has 3 aromatic rings. The number of rotatable bonds is 6. The molecule has 0 spiro atoms. The normalized spacial score (nSPS) is 16.1. The molecule has 0 saturated carbocycles. The predicted octanol–water partition coefficient (Wildman–Crippen LogP) is 5.47. The van der Waals surface area contributed by atoms with Crippen LogP contribution in [0.15, 0.2) is 59.1 Å². The van der Waals surface area contributed by atoms with Crippen molar-refractivity contribution < 1.29 is 9.84 Å². The lowest BCUT2D eigenvalue weighted by atomic mass is 10.1. The van der Waals surface area contributed by atoms with E-state index < -0.39 is 6.10 Å². The summed E-state index contributed by atoms with van der Waals surface area (Å²) in [6.45, 7) is 4.23. The van der Waals surface area contributed by atoms with Crippen molar-refractivity contribution in [1.82, 2.24) is 4.90 Å². The minimum absolute atomic E-state index is 0.266. The molecule has 1 fully saturated rings. The predicted molar refractivity (Wildman–Crippen MR) is 128 cm³/mol. The lowest BCUT2D eigenvalue weighted by Crippen LogP contribution is -2.49. The summed E-state index contributed by atoms with van der Waals surface area (Å²) in [7, 11) is 0. The Hall–Kier alpha value is -1.50. The van der Waals surface area contributed by atoms with Gasteiger partial charge in [0.05, 0.1) is 10.7 Å². The molecule has 158 valence electrons. The summed E-state index contributed by atoms with van der Waals surface area (Å²) >= 11 is 15.9. The van der Waals surface area contributed by atoms with E-state index in [2.05, 4.69) is 31.8 Å². The van der Waals surface area contributed by atoms with Crippen LogP contribution in [0.2, 0.25) is 10.0 Å². The summed E-state index contributed by atoms with van der Waals surface area (Å²) in [6, 6.07) is 17.6. The molecule has 3 aromatic carbocycles. The molecule has 1 aliphatic heterocycles. The number of anilines is 1. The third-order valence-electron chi connectivity index (χ3n) is 5.31. The third kappa shape index (κ3) is 5.40. The zero-order valence-electron chi connectivity index (χ0n) is 16.4. The maximum Gasteiger partial charge on any atom is 0.120 e. The molecule has 1 atom stereocenters. The first kappa shape index (κ1) is 21.7. The summed E-state index contributed by atoms with van der Waals surface area (Å²) < 4.78 is 6.89. The van der Waals surface area contributed by atoms with Crippen LogP contribution in [-0.4, -0.2) is 55.4 Å². The Morgan fingerprint density at radius 1 is 0.933 bits per heavy atom. The molecule has 1 unspecified atom stereocenters. The highest BCUT2D eigenvalue weighted by molar-refractivity contribution is 9.10. The lowest BCUT2D eigenvalue weighted by molar-refractivity contribution is 0.0663. The van der Waals surface area contributed by atoms with E-state index in [1.165, 1.54) is 0 Å². The zero-order chi connectivity index (χ0) is 21.1. The second-order valence-corrected chi connectivity index (χ2v) is 9.26. The lowest BCUT2D eigenvalue weighted by Gasteiger charge is -2.37. The van der Waals surface area contributed by atoms with Crippen LogP contribution in [0.1, 0.15) is 0 Å². The van der Waals surface area contributed by atoms with Crippen LogP contribution in [0.4, 0.5) is 5.69 Å². The standard InChI is InChI=1S/C23H23BrCl2N2O2/c24-18-3-1-17-12-21(5-2-16(17)11-18)30-15-20(29)14-27-7-9-28(10-8-27)23-13-19(25)4-6-22(23)26/h1-6,11-13,20,29H,7-10,14-15H2. The Bertz CT molecular complexity index is 1030. The molecule has 4 nitrogen and oxygen atoms in total. The molecule has 7 heteroatoms. The van der Waals surface area contributed by atoms with Crippen molar-refractivity contribution in [2.75, 3.05) is 44.2 Å². The van der Waals surface area contributed by atoms with E-state index in [0.29, 0.717) is 16.6 Å². The van der Waals surface area contributed by atoms with Crippen molar-refractivity contribution in [3.63, 3.8) is 0 Å². The van der Waals surface area contributed by atoms with E-state index in [9.17, 15) is 5.11 Å². The molecular weight excluding hydrogens is 487 g/mol. The number of benzene rings is 3. The van der Waals surface area contributed by atoms with Gasteiger partial charge in [0.15, 0.2) is 0 Å². The number of hydrogen-bond donors (Lipinski definition) is 1. The Labute approximate surface area is 195 Å². The highest BCUT2D eigenvalue weighted by atomic mass is 79.9. The summed E-state index contributed by atoms with van der Waals surface area (Å²) in [5.41, 5.74) is 0.969. The molecule has 1 saturated heterocycles. The molecule has 1 heterocycles. The van der Waals surface area contributed by atoms with Crippen LogP contribution in [-0.2, 0) is 0 Å². The second kappa shape index (κ2) is 9.75. The van der Waals surface area contributed by atoms with Crippen molar-refractivity contribution in [1.29, 1.82) is 0 Å². The molecule has 0 radical (unpaired) electrons. The van der Waals surface area contributed by atoms with E-state index in [4.69, 9.17) is 27.9 Å². The molecule has 0 aliphatic carbocycles.